The van der Waals surface area contributed by atoms with Gasteiger partial charge in [0.25, 0.3) is 0 Å². The van der Waals surface area contributed by atoms with Gasteiger partial charge < -0.3 is 10.1 Å². The minimum Gasteiger partial charge on any atom is -0.488 e. The maximum atomic E-state index is 13.8. The first kappa shape index (κ1) is 18.9. The van der Waals surface area contributed by atoms with Crippen LogP contribution in [0, 0.1) is 5.82 Å². The molecule has 4 heteroatoms. The third-order valence-corrected chi connectivity index (χ3v) is 4.92. The Labute approximate surface area is 160 Å². The SMILES string of the molecule is Fc1ccccc1COc1ccc(Cl)cc1CNCCC1=CCCCC1. The summed E-state index contributed by atoms with van der Waals surface area (Å²) in [7, 11) is 0. The summed E-state index contributed by atoms with van der Waals surface area (Å²) in [4.78, 5) is 0. The molecule has 0 fully saturated rings. The van der Waals surface area contributed by atoms with Gasteiger partial charge in [-0.15, -0.1) is 0 Å². The molecular formula is C22H25ClFNO. The molecule has 0 bridgehead atoms. The van der Waals surface area contributed by atoms with Gasteiger partial charge in [-0.05, 0) is 62.9 Å². The Morgan fingerprint density at radius 1 is 1.08 bits per heavy atom. The first-order valence-electron chi connectivity index (χ1n) is 9.25. The van der Waals surface area contributed by atoms with E-state index in [4.69, 9.17) is 16.3 Å². The standard InChI is InChI=1S/C22H25ClFNO/c23-20-10-11-22(26-16-18-8-4-5-9-21(18)24)19(14-20)15-25-13-12-17-6-2-1-3-7-17/h4-6,8-11,14,25H,1-3,7,12-13,15-16H2. The minimum atomic E-state index is -0.248. The molecule has 3 rings (SSSR count). The fourth-order valence-corrected chi connectivity index (χ4v) is 3.40. The first-order valence-corrected chi connectivity index (χ1v) is 9.63. The molecular weight excluding hydrogens is 349 g/mol. The third-order valence-electron chi connectivity index (χ3n) is 4.69. The molecule has 0 aliphatic heterocycles. The second-order valence-electron chi connectivity index (χ2n) is 6.67. The van der Waals surface area contributed by atoms with E-state index in [9.17, 15) is 4.39 Å². The second-order valence-corrected chi connectivity index (χ2v) is 7.10. The van der Waals surface area contributed by atoms with Crippen molar-refractivity contribution < 1.29 is 9.13 Å². The lowest BCUT2D eigenvalue weighted by molar-refractivity contribution is 0.296. The van der Waals surface area contributed by atoms with Crippen LogP contribution in [0.4, 0.5) is 4.39 Å². The van der Waals surface area contributed by atoms with Gasteiger partial charge in [0.15, 0.2) is 0 Å². The topological polar surface area (TPSA) is 21.3 Å². The Balaban J connectivity index is 1.55. The summed E-state index contributed by atoms with van der Waals surface area (Å²) in [6.45, 7) is 1.82. The summed E-state index contributed by atoms with van der Waals surface area (Å²) in [5.41, 5.74) is 3.10. The van der Waals surface area contributed by atoms with Gasteiger partial charge in [0.1, 0.15) is 18.2 Å². The van der Waals surface area contributed by atoms with Crippen LogP contribution in [-0.2, 0) is 13.2 Å². The van der Waals surface area contributed by atoms with E-state index >= 15 is 0 Å². The molecule has 0 saturated heterocycles. The lowest BCUT2D eigenvalue weighted by Crippen LogP contribution is -2.16. The first-order chi connectivity index (χ1) is 12.7. The van der Waals surface area contributed by atoms with Crippen molar-refractivity contribution in [1.82, 2.24) is 5.32 Å². The molecule has 2 nitrogen and oxygen atoms in total. The molecule has 0 unspecified atom stereocenters. The maximum absolute atomic E-state index is 13.8. The highest BCUT2D eigenvalue weighted by atomic mass is 35.5. The van der Waals surface area contributed by atoms with Crippen LogP contribution in [0.2, 0.25) is 5.02 Å². The summed E-state index contributed by atoms with van der Waals surface area (Å²) in [6.07, 6.45) is 8.56. The summed E-state index contributed by atoms with van der Waals surface area (Å²) >= 11 is 6.14. The van der Waals surface area contributed by atoms with E-state index < -0.39 is 0 Å². The molecule has 1 N–H and O–H groups in total. The normalized spacial score (nSPS) is 14.2. The van der Waals surface area contributed by atoms with E-state index in [0.29, 0.717) is 17.1 Å². The van der Waals surface area contributed by atoms with Crippen LogP contribution < -0.4 is 10.1 Å². The van der Waals surface area contributed by atoms with Crippen molar-refractivity contribution in [2.45, 2.75) is 45.3 Å². The Kier molecular flexibility index (Phi) is 7.10. The van der Waals surface area contributed by atoms with Gasteiger partial charge >= 0.3 is 0 Å². The van der Waals surface area contributed by atoms with E-state index in [0.717, 1.165) is 24.3 Å². The highest BCUT2D eigenvalue weighted by molar-refractivity contribution is 6.30. The number of allylic oxidation sites excluding steroid dienone is 1. The summed E-state index contributed by atoms with van der Waals surface area (Å²) in [5, 5.41) is 4.15. The number of nitrogens with one attached hydrogen (secondary N) is 1. The number of hydrogen-bond donors (Lipinski definition) is 1. The van der Waals surface area contributed by atoms with Crippen LogP contribution in [0.5, 0.6) is 5.75 Å². The predicted molar refractivity (Wildman–Crippen MR) is 105 cm³/mol. The van der Waals surface area contributed by atoms with Crippen LogP contribution >= 0.6 is 11.6 Å². The summed E-state index contributed by atoms with van der Waals surface area (Å²) in [6, 6.07) is 12.2. The highest BCUT2D eigenvalue weighted by Crippen LogP contribution is 2.24. The zero-order valence-corrected chi connectivity index (χ0v) is 15.7. The van der Waals surface area contributed by atoms with Crippen LogP contribution in [0.3, 0.4) is 0 Å². The third kappa shape index (κ3) is 5.58. The van der Waals surface area contributed by atoms with Crippen LogP contribution in [0.1, 0.15) is 43.2 Å². The van der Waals surface area contributed by atoms with E-state index in [1.807, 2.05) is 18.2 Å². The molecule has 0 amide bonds. The molecule has 0 saturated carbocycles. The van der Waals surface area contributed by atoms with Gasteiger partial charge in [-0.25, -0.2) is 4.39 Å². The molecule has 0 aromatic heterocycles. The Morgan fingerprint density at radius 3 is 2.77 bits per heavy atom. The van der Waals surface area contributed by atoms with Crippen molar-refractivity contribution in [3.8, 4) is 5.75 Å². The van der Waals surface area contributed by atoms with Crippen molar-refractivity contribution in [2.24, 2.45) is 0 Å². The number of ether oxygens (including phenoxy) is 1. The molecule has 1 aliphatic rings. The Bertz CT molecular complexity index is 760. The average molecular weight is 374 g/mol. The number of halogens is 2. The number of benzene rings is 2. The van der Waals surface area contributed by atoms with Gasteiger partial charge in [-0.3, -0.25) is 0 Å². The van der Waals surface area contributed by atoms with Gasteiger partial charge in [0.2, 0.25) is 0 Å². The van der Waals surface area contributed by atoms with E-state index in [2.05, 4.69) is 11.4 Å². The van der Waals surface area contributed by atoms with Crippen molar-refractivity contribution in [3.63, 3.8) is 0 Å². The molecule has 1 aliphatic carbocycles. The van der Waals surface area contributed by atoms with Crippen LogP contribution in [0.15, 0.2) is 54.1 Å². The van der Waals surface area contributed by atoms with Crippen molar-refractivity contribution in [3.05, 3.63) is 76.1 Å². The Hall–Kier alpha value is -1.84. The van der Waals surface area contributed by atoms with Gasteiger partial charge in [0.05, 0.1) is 0 Å². The number of rotatable bonds is 8. The van der Waals surface area contributed by atoms with E-state index in [1.54, 1.807) is 23.8 Å². The maximum Gasteiger partial charge on any atom is 0.129 e. The van der Waals surface area contributed by atoms with Gasteiger partial charge in [-0.2, -0.15) is 0 Å². The van der Waals surface area contributed by atoms with Crippen LogP contribution in [-0.4, -0.2) is 6.54 Å². The van der Waals surface area contributed by atoms with Crippen molar-refractivity contribution in [1.29, 1.82) is 0 Å². The van der Waals surface area contributed by atoms with Gasteiger partial charge in [0, 0.05) is 22.7 Å². The van der Waals surface area contributed by atoms with E-state index in [1.165, 1.54) is 31.7 Å². The second kappa shape index (κ2) is 9.75. The average Bonchev–Trinajstić information content (AvgIpc) is 2.66. The monoisotopic (exact) mass is 373 g/mol. The zero-order valence-electron chi connectivity index (χ0n) is 14.9. The minimum absolute atomic E-state index is 0.203. The van der Waals surface area contributed by atoms with Gasteiger partial charge in [-0.1, -0.05) is 41.4 Å². The summed E-state index contributed by atoms with van der Waals surface area (Å²) < 4.78 is 19.6. The molecule has 138 valence electrons. The summed E-state index contributed by atoms with van der Waals surface area (Å²) in [5.74, 6) is 0.490. The van der Waals surface area contributed by atoms with E-state index in [-0.39, 0.29) is 12.4 Å². The molecule has 2 aromatic carbocycles. The lowest BCUT2D eigenvalue weighted by Gasteiger charge is -2.15. The Morgan fingerprint density at radius 2 is 1.96 bits per heavy atom. The quantitative estimate of drug-likeness (QED) is 0.450. The largest absolute Gasteiger partial charge is 0.488 e. The molecule has 0 atom stereocenters. The highest BCUT2D eigenvalue weighted by Gasteiger charge is 2.08. The lowest BCUT2D eigenvalue weighted by atomic mass is 9.97. The molecule has 0 radical (unpaired) electrons. The zero-order chi connectivity index (χ0) is 18.2. The fourth-order valence-electron chi connectivity index (χ4n) is 3.20. The predicted octanol–water partition coefficient (Wildman–Crippen LogP) is 6.04. The van der Waals surface area contributed by atoms with Crippen molar-refractivity contribution >= 4 is 11.6 Å². The number of hydrogen-bond acceptors (Lipinski definition) is 2. The van der Waals surface area contributed by atoms with Crippen LogP contribution in [0.25, 0.3) is 0 Å². The molecule has 26 heavy (non-hydrogen) atoms. The molecule has 2 aromatic rings. The molecule has 0 spiro atoms. The molecule has 0 heterocycles. The van der Waals surface area contributed by atoms with Crippen molar-refractivity contribution in [2.75, 3.05) is 6.54 Å². The smallest absolute Gasteiger partial charge is 0.129 e. The fraction of sp³-hybridized carbons (Fsp3) is 0.364.